The van der Waals surface area contributed by atoms with Crippen LogP contribution in [0.4, 0.5) is 5.69 Å². The van der Waals surface area contributed by atoms with Crippen molar-refractivity contribution in [1.29, 1.82) is 0 Å². The fraction of sp³-hybridized carbons (Fsp3) is 0.611. The first kappa shape index (κ1) is 15.9. The zero-order valence-corrected chi connectivity index (χ0v) is 13.8. The number of carbonyl (C=O) groups excluding carboxylic acids is 1. The Morgan fingerprint density at radius 2 is 1.95 bits per heavy atom. The van der Waals surface area contributed by atoms with Gasteiger partial charge in [0.15, 0.2) is 0 Å². The van der Waals surface area contributed by atoms with Gasteiger partial charge >= 0.3 is 0 Å². The van der Waals surface area contributed by atoms with E-state index < -0.39 is 0 Å². The van der Waals surface area contributed by atoms with Crippen molar-refractivity contribution in [2.24, 2.45) is 5.41 Å². The van der Waals surface area contributed by atoms with Crippen molar-refractivity contribution < 1.29 is 4.79 Å². The Balaban J connectivity index is 1.92. The Labute approximate surface area is 128 Å². The number of carbonyl (C=O) groups is 1. The van der Waals surface area contributed by atoms with Crippen molar-refractivity contribution >= 4 is 11.6 Å². The molecule has 3 heteroatoms. The maximum atomic E-state index is 11.7. The fourth-order valence-corrected chi connectivity index (χ4v) is 3.11. The number of rotatable bonds is 4. The molecule has 21 heavy (non-hydrogen) atoms. The van der Waals surface area contributed by atoms with Gasteiger partial charge in [-0.05, 0) is 42.4 Å². The molecular weight excluding hydrogens is 260 g/mol. The van der Waals surface area contributed by atoms with Gasteiger partial charge in [-0.25, -0.2) is 0 Å². The molecule has 0 aliphatic heterocycles. The second-order valence-electron chi connectivity index (χ2n) is 7.26. The summed E-state index contributed by atoms with van der Waals surface area (Å²) in [5.41, 5.74) is 2.69. The Morgan fingerprint density at radius 3 is 2.52 bits per heavy atom. The maximum Gasteiger partial charge on any atom is 0.226 e. The minimum atomic E-state index is 0.143. The summed E-state index contributed by atoms with van der Waals surface area (Å²) in [7, 11) is 3.59. The number of anilines is 1. The summed E-state index contributed by atoms with van der Waals surface area (Å²) in [4.78, 5) is 13.3. The van der Waals surface area contributed by atoms with Crippen molar-refractivity contribution in [3.05, 3.63) is 29.8 Å². The van der Waals surface area contributed by atoms with E-state index in [4.69, 9.17) is 0 Å². The van der Waals surface area contributed by atoms with Crippen molar-refractivity contribution in [2.75, 3.05) is 19.4 Å². The summed E-state index contributed by atoms with van der Waals surface area (Å²) in [5, 5.41) is 3.64. The van der Waals surface area contributed by atoms with E-state index in [0.29, 0.717) is 17.9 Å². The molecule has 1 aromatic carbocycles. The molecule has 1 unspecified atom stereocenters. The zero-order chi connectivity index (χ0) is 15.5. The molecule has 0 spiro atoms. The molecule has 0 bridgehead atoms. The maximum absolute atomic E-state index is 11.7. The molecule has 1 aliphatic carbocycles. The summed E-state index contributed by atoms with van der Waals surface area (Å²) in [6.45, 7) is 4.72. The molecule has 3 nitrogen and oxygen atoms in total. The smallest absolute Gasteiger partial charge is 0.226 e. The third-order valence-electron chi connectivity index (χ3n) is 4.38. The lowest BCUT2D eigenvalue weighted by Crippen LogP contribution is -2.31. The first-order valence-electron chi connectivity index (χ1n) is 7.91. The molecule has 1 amide bonds. The Hall–Kier alpha value is -1.51. The van der Waals surface area contributed by atoms with Crippen LogP contribution in [0.1, 0.15) is 45.1 Å². The number of likely N-dealkylation sites (N-methyl/N-ethyl adjacent to an activating group) is 1. The second kappa shape index (κ2) is 6.50. The quantitative estimate of drug-likeness (QED) is 0.916. The van der Waals surface area contributed by atoms with Gasteiger partial charge in [0.25, 0.3) is 0 Å². The topological polar surface area (TPSA) is 32.3 Å². The highest BCUT2D eigenvalue weighted by atomic mass is 16.2. The van der Waals surface area contributed by atoms with E-state index in [9.17, 15) is 4.79 Å². The molecule has 0 aromatic heterocycles. The predicted octanol–water partition coefficient (Wildman–Crippen LogP) is 3.70. The second-order valence-corrected chi connectivity index (χ2v) is 7.26. The average molecular weight is 288 g/mol. The summed E-state index contributed by atoms with van der Waals surface area (Å²) in [6.07, 6.45) is 5.60. The third kappa shape index (κ3) is 4.76. The van der Waals surface area contributed by atoms with E-state index in [1.807, 2.05) is 0 Å². The van der Waals surface area contributed by atoms with E-state index in [-0.39, 0.29) is 5.91 Å². The lowest BCUT2D eigenvalue weighted by molar-refractivity contribution is -0.127. The number of hydrogen-bond acceptors (Lipinski definition) is 2. The van der Waals surface area contributed by atoms with Gasteiger partial charge in [-0.3, -0.25) is 4.79 Å². The van der Waals surface area contributed by atoms with E-state index in [1.54, 1.807) is 19.0 Å². The van der Waals surface area contributed by atoms with Gasteiger partial charge in [0.1, 0.15) is 0 Å². The van der Waals surface area contributed by atoms with Crippen LogP contribution >= 0.6 is 0 Å². The van der Waals surface area contributed by atoms with E-state index >= 15 is 0 Å². The van der Waals surface area contributed by atoms with Gasteiger partial charge in [0.05, 0.1) is 6.42 Å². The molecule has 1 saturated carbocycles. The van der Waals surface area contributed by atoms with Crippen LogP contribution in [0.2, 0.25) is 0 Å². The van der Waals surface area contributed by atoms with Crippen LogP contribution < -0.4 is 5.32 Å². The number of amides is 1. The predicted molar refractivity (Wildman–Crippen MR) is 88.5 cm³/mol. The Bertz CT molecular complexity index is 476. The molecule has 1 fully saturated rings. The van der Waals surface area contributed by atoms with Crippen molar-refractivity contribution in [1.82, 2.24) is 4.90 Å². The highest BCUT2D eigenvalue weighted by Crippen LogP contribution is 2.36. The van der Waals surface area contributed by atoms with Crippen LogP contribution in [-0.2, 0) is 11.2 Å². The number of hydrogen-bond donors (Lipinski definition) is 1. The van der Waals surface area contributed by atoms with Gasteiger partial charge < -0.3 is 10.2 Å². The fourth-order valence-electron chi connectivity index (χ4n) is 3.11. The van der Waals surface area contributed by atoms with Crippen molar-refractivity contribution in [2.45, 2.75) is 52.0 Å². The monoisotopic (exact) mass is 288 g/mol. The van der Waals surface area contributed by atoms with Gasteiger partial charge in [-0.1, -0.05) is 32.4 Å². The summed E-state index contributed by atoms with van der Waals surface area (Å²) >= 11 is 0. The minimum absolute atomic E-state index is 0.143. The number of benzene rings is 1. The molecule has 0 saturated heterocycles. The van der Waals surface area contributed by atoms with Crippen molar-refractivity contribution in [3.8, 4) is 0 Å². The highest BCUT2D eigenvalue weighted by Gasteiger charge is 2.27. The van der Waals surface area contributed by atoms with Crippen LogP contribution in [0.3, 0.4) is 0 Å². The molecule has 0 heterocycles. The summed E-state index contributed by atoms with van der Waals surface area (Å²) in [5.74, 6) is 0.143. The molecule has 2 rings (SSSR count). The number of nitrogens with one attached hydrogen (secondary N) is 1. The zero-order valence-electron chi connectivity index (χ0n) is 13.8. The van der Waals surface area contributed by atoms with E-state index in [0.717, 1.165) is 5.56 Å². The van der Waals surface area contributed by atoms with E-state index in [1.165, 1.54) is 31.4 Å². The standard InChI is InChI=1S/C18H28N2O/c1-18(2)11-5-6-16(13-18)19-15-9-7-14(8-10-15)12-17(21)20(3)4/h7-10,16,19H,5-6,11-13H2,1-4H3. The summed E-state index contributed by atoms with van der Waals surface area (Å²) < 4.78 is 0. The molecule has 1 aromatic rings. The lowest BCUT2D eigenvalue weighted by atomic mass is 9.75. The van der Waals surface area contributed by atoms with Gasteiger partial charge in [0, 0.05) is 25.8 Å². The summed E-state index contributed by atoms with van der Waals surface area (Å²) in [6, 6.07) is 8.87. The Kier molecular flexibility index (Phi) is 4.92. The molecule has 1 aliphatic rings. The van der Waals surface area contributed by atoms with Crippen LogP contribution in [0.15, 0.2) is 24.3 Å². The van der Waals surface area contributed by atoms with Crippen LogP contribution in [0, 0.1) is 5.41 Å². The van der Waals surface area contributed by atoms with Crippen LogP contribution in [0.5, 0.6) is 0 Å². The lowest BCUT2D eigenvalue weighted by Gasteiger charge is -2.36. The van der Waals surface area contributed by atoms with Crippen molar-refractivity contribution in [3.63, 3.8) is 0 Å². The molecule has 116 valence electrons. The Morgan fingerprint density at radius 1 is 1.29 bits per heavy atom. The largest absolute Gasteiger partial charge is 0.382 e. The van der Waals surface area contributed by atoms with Crippen LogP contribution in [0.25, 0.3) is 0 Å². The molecular formula is C18H28N2O. The molecule has 1 atom stereocenters. The molecule has 1 N–H and O–H groups in total. The highest BCUT2D eigenvalue weighted by molar-refractivity contribution is 5.78. The SMILES string of the molecule is CN(C)C(=O)Cc1ccc(NC2CCCC(C)(C)C2)cc1. The van der Waals surface area contributed by atoms with Gasteiger partial charge in [0.2, 0.25) is 5.91 Å². The van der Waals surface area contributed by atoms with Gasteiger partial charge in [-0.2, -0.15) is 0 Å². The average Bonchev–Trinajstić information content (AvgIpc) is 2.39. The first-order valence-corrected chi connectivity index (χ1v) is 7.91. The first-order chi connectivity index (χ1) is 9.85. The van der Waals surface area contributed by atoms with Gasteiger partial charge in [-0.15, -0.1) is 0 Å². The molecule has 0 radical (unpaired) electrons. The number of nitrogens with zero attached hydrogens (tertiary/aromatic N) is 1. The van der Waals surface area contributed by atoms with Crippen LogP contribution in [-0.4, -0.2) is 30.9 Å². The normalized spacial score (nSPS) is 20.9. The van der Waals surface area contributed by atoms with E-state index in [2.05, 4.69) is 43.4 Å². The third-order valence-corrected chi connectivity index (χ3v) is 4.38. The minimum Gasteiger partial charge on any atom is -0.382 e.